The minimum atomic E-state index is -0.548. The first kappa shape index (κ1) is 19.7. The Morgan fingerprint density at radius 1 is 1.11 bits per heavy atom. The first-order valence-corrected chi connectivity index (χ1v) is 9.94. The van der Waals surface area contributed by atoms with Gasteiger partial charge in [-0.15, -0.1) is 11.8 Å². The number of amides is 1. The van der Waals surface area contributed by atoms with Crippen LogP contribution in [0.2, 0.25) is 0 Å². The molecule has 0 aliphatic carbocycles. The van der Waals surface area contributed by atoms with Crippen molar-refractivity contribution in [2.75, 3.05) is 18.2 Å². The van der Waals surface area contributed by atoms with Crippen LogP contribution in [0.3, 0.4) is 0 Å². The van der Waals surface area contributed by atoms with Crippen LogP contribution in [-0.4, -0.2) is 34.5 Å². The number of para-hydroxylation sites is 1. The number of ether oxygens (including phenoxy) is 1. The molecule has 28 heavy (non-hydrogen) atoms. The lowest BCUT2D eigenvalue weighted by molar-refractivity contribution is -0.119. The SMILES string of the molecule is CSc1ccccc1NC(=O)COC(=O)c1ccc(-n2nc(C)cc2C)cc1. The van der Waals surface area contributed by atoms with Crippen molar-refractivity contribution < 1.29 is 14.3 Å². The number of benzene rings is 2. The first-order valence-electron chi connectivity index (χ1n) is 8.71. The molecule has 0 fully saturated rings. The summed E-state index contributed by atoms with van der Waals surface area (Å²) in [5, 5.41) is 7.17. The summed E-state index contributed by atoms with van der Waals surface area (Å²) in [7, 11) is 0. The molecule has 1 heterocycles. The van der Waals surface area contributed by atoms with Gasteiger partial charge in [0, 0.05) is 10.6 Å². The summed E-state index contributed by atoms with van der Waals surface area (Å²) in [4.78, 5) is 25.2. The molecule has 1 N–H and O–H groups in total. The normalized spacial score (nSPS) is 10.5. The van der Waals surface area contributed by atoms with Crippen molar-refractivity contribution in [1.29, 1.82) is 0 Å². The van der Waals surface area contributed by atoms with Crippen LogP contribution in [0.5, 0.6) is 0 Å². The largest absolute Gasteiger partial charge is 0.452 e. The van der Waals surface area contributed by atoms with Gasteiger partial charge in [-0.3, -0.25) is 4.79 Å². The summed E-state index contributed by atoms with van der Waals surface area (Å²) < 4.78 is 6.94. The first-order chi connectivity index (χ1) is 13.5. The molecule has 0 spiro atoms. The van der Waals surface area contributed by atoms with Crippen molar-refractivity contribution in [3.8, 4) is 5.69 Å². The van der Waals surface area contributed by atoms with E-state index in [1.165, 1.54) is 11.8 Å². The molecule has 0 aliphatic rings. The van der Waals surface area contributed by atoms with Gasteiger partial charge in [0.05, 0.1) is 22.6 Å². The average Bonchev–Trinajstić information content (AvgIpc) is 3.04. The molecule has 0 saturated heterocycles. The maximum atomic E-state index is 12.2. The van der Waals surface area contributed by atoms with Crippen molar-refractivity contribution in [2.24, 2.45) is 0 Å². The van der Waals surface area contributed by atoms with Crippen molar-refractivity contribution in [3.05, 3.63) is 71.5 Å². The highest BCUT2D eigenvalue weighted by atomic mass is 32.2. The summed E-state index contributed by atoms with van der Waals surface area (Å²) in [6, 6.07) is 16.4. The fraction of sp³-hybridized carbons (Fsp3) is 0.190. The second-order valence-electron chi connectivity index (χ2n) is 6.21. The lowest BCUT2D eigenvalue weighted by Gasteiger charge is -2.10. The van der Waals surface area contributed by atoms with Crippen LogP contribution in [-0.2, 0) is 9.53 Å². The number of aromatic nitrogens is 2. The average molecular weight is 395 g/mol. The van der Waals surface area contributed by atoms with Gasteiger partial charge in [0.2, 0.25) is 0 Å². The molecule has 0 aliphatic heterocycles. The Morgan fingerprint density at radius 3 is 2.46 bits per heavy atom. The summed E-state index contributed by atoms with van der Waals surface area (Å²) in [6.45, 7) is 3.55. The van der Waals surface area contributed by atoms with Crippen LogP contribution in [0.25, 0.3) is 5.69 Å². The molecule has 7 heteroatoms. The fourth-order valence-corrected chi connectivity index (χ4v) is 3.33. The van der Waals surface area contributed by atoms with E-state index in [4.69, 9.17) is 4.74 Å². The molecule has 0 saturated carbocycles. The topological polar surface area (TPSA) is 73.2 Å². The van der Waals surface area contributed by atoms with Crippen molar-refractivity contribution in [1.82, 2.24) is 9.78 Å². The van der Waals surface area contributed by atoms with E-state index in [1.807, 2.05) is 50.4 Å². The zero-order valence-electron chi connectivity index (χ0n) is 15.9. The predicted molar refractivity (Wildman–Crippen MR) is 110 cm³/mol. The van der Waals surface area contributed by atoms with Gasteiger partial charge in [0.1, 0.15) is 0 Å². The molecule has 1 aromatic heterocycles. The van der Waals surface area contributed by atoms with Crippen LogP contribution in [0.1, 0.15) is 21.7 Å². The van der Waals surface area contributed by atoms with Gasteiger partial charge in [-0.1, -0.05) is 12.1 Å². The maximum absolute atomic E-state index is 12.2. The van der Waals surface area contributed by atoms with Gasteiger partial charge in [-0.05, 0) is 62.6 Å². The molecular formula is C21H21N3O3S. The minimum absolute atomic E-state index is 0.346. The highest BCUT2D eigenvalue weighted by Gasteiger charge is 2.12. The second-order valence-corrected chi connectivity index (χ2v) is 7.06. The number of nitrogens with one attached hydrogen (secondary N) is 1. The van der Waals surface area contributed by atoms with E-state index in [2.05, 4.69) is 10.4 Å². The van der Waals surface area contributed by atoms with Crippen LogP contribution in [0.15, 0.2) is 59.5 Å². The van der Waals surface area contributed by atoms with Gasteiger partial charge >= 0.3 is 5.97 Å². The van der Waals surface area contributed by atoms with Crippen molar-refractivity contribution >= 4 is 29.3 Å². The van der Waals surface area contributed by atoms with Gasteiger partial charge < -0.3 is 10.1 Å². The maximum Gasteiger partial charge on any atom is 0.338 e. The van der Waals surface area contributed by atoms with Gasteiger partial charge in [-0.2, -0.15) is 5.10 Å². The number of carbonyl (C=O) groups excluding carboxylic acids is 2. The van der Waals surface area contributed by atoms with Gasteiger partial charge in [0.15, 0.2) is 6.61 Å². The highest BCUT2D eigenvalue weighted by Crippen LogP contribution is 2.24. The monoisotopic (exact) mass is 395 g/mol. The smallest absolute Gasteiger partial charge is 0.338 e. The summed E-state index contributed by atoms with van der Waals surface area (Å²) >= 11 is 1.53. The Bertz CT molecular complexity index is 996. The molecule has 0 bridgehead atoms. The molecular weight excluding hydrogens is 374 g/mol. The minimum Gasteiger partial charge on any atom is -0.452 e. The third-order valence-electron chi connectivity index (χ3n) is 4.07. The van der Waals surface area contributed by atoms with E-state index in [0.717, 1.165) is 22.0 Å². The molecule has 0 radical (unpaired) electrons. The van der Waals surface area contributed by atoms with Gasteiger partial charge in [0.25, 0.3) is 5.91 Å². The highest BCUT2D eigenvalue weighted by molar-refractivity contribution is 7.98. The van der Waals surface area contributed by atoms with E-state index >= 15 is 0 Å². The molecule has 3 aromatic rings. The van der Waals surface area contributed by atoms with Crippen LogP contribution in [0, 0.1) is 13.8 Å². The third-order valence-corrected chi connectivity index (χ3v) is 4.87. The van der Waals surface area contributed by atoms with Crippen LogP contribution < -0.4 is 5.32 Å². The number of carbonyl (C=O) groups is 2. The number of hydrogen-bond donors (Lipinski definition) is 1. The number of esters is 1. The Balaban J connectivity index is 1.59. The molecule has 6 nitrogen and oxygen atoms in total. The predicted octanol–water partition coefficient (Wildman–Crippen LogP) is 4.01. The Hall–Kier alpha value is -3.06. The zero-order valence-corrected chi connectivity index (χ0v) is 16.7. The number of nitrogens with zero attached hydrogens (tertiary/aromatic N) is 2. The molecule has 0 unspecified atom stereocenters. The summed E-state index contributed by atoms with van der Waals surface area (Å²) in [6.07, 6.45) is 1.93. The van der Waals surface area contributed by atoms with E-state index in [9.17, 15) is 9.59 Å². The van der Waals surface area contributed by atoms with E-state index in [-0.39, 0.29) is 12.5 Å². The van der Waals surface area contributed by atoms with E-state index in [0.29, 0.717) is 11.3 Å². The zero-order chi connectivity index (χ0) is 20.1. The number of anilines is 1. The Morgan fingerprint density at radius 2 is 1.82 bits per heavy atom. The number of aryl methyl sites for hydroxylation is 2. The van der Waals surface area contributed by atoms with Crippen LogP contribution in [0.4, 0.5) is 5.69 Å². The molecule has 2 aromatic carbocycles. The van der Waals surface area contributed by atoms with E-state index < -0.39 is 5.97 Å². The van der Waals surface area contributed by atoms with Gasteiger partial charge in [-0.25, -0.2) is 9.48 Å². The molecule has 144 valence electrons. The Labute approximate surface area is 167 Å². The number of thioether (sulfide) groups is 1. The molecule has 0 atom stereocenters. The fourth-order valence-electron chi connectivity index (χ4n) is 2.78. The second kappa shape index (κ2) is 8.75. The van der Waals surface area contributed by atoms with Crippen LogP contribution >= 0.6 is 11.8 Å². The third kappa shape index (κ3) is 4.61. The molecule has 1 amide bonds. The quantitative estimate of drug-likeness (QED) is 0.504. The summed E-state index contributed by atoms with van der Waals surface area (Å²) in [5.41, 5.74) is 3.87. The lowest BCUT2D eigenvalue weighted by atomic mass is 10.2. The number of rotatable bonds is 6. The van der Waals surface area contributed by atoms with E-state index in [1.54, 1.807) is 28.9 Å². The number of hydrogen-bond acceptors (Lipinski definition) is 5. The standard InChI is InChI=1S/C21H21N3O3S/c1-14-12-15(2)24(23-14)17-10-8-16(9-11-17)21(26)27-13-20(25)22-18-6-4-5-7-19(18)28-3/h4-12H,13H2,1-3H3,(H,22,25). The Kier molecular flexibility index (Phi) is 6.16. The lowest BCUT2D eigenvalue weighted by Crippen LogP contribution is -2.21. The summed E-state index contributed by atoms with van der Waals surface area (Å²) in [5.74, 6) is -0.928. The van der Waals surface area contributed by atoms with Crippen molar-refractivity contribution in [2.45, 2.75) is 18.7 Å². The molecule has 3 rings (SSSR count). The van der Waals surface area contributed by atoms with Crippen molar-refractivity contribution in [3.63, 3.8) is 0 Å².